The summed E-state index contributed by atoms with van der Waals surface area (Å²) in [4.78, 5) is 38.5. The van der Waals surface area contributed by atoms with Gasteiger partial charge in [-0.15, -0.1) is 0 Å². The van der Waals surface area contributed by atoms with Gasteiger partial charge in [0, 0.05) is 30.1 Å². The van der Waals surface area contributed by atoms with Crippen LogP contribution in [0.4, 0.5) is 11.4 Å². The number of nitro benzene ring substituents is 1. The van der Waals surface area contributed by atoms with Gasteiger partial charge >= 0.3 is 0 Å². The smallest absolute Gasteiger partial charge is 0.292 e. The highest BCUT2D eigenvalue weighted by atomic mass is 16.6. The third-order valence-corrected chi connectivity index (χ3v) is 3.51. The van der Waals surface area contributed by atoms with E-state index in [-0.39, 0.29) is 17.9 Å². The zero-order valence-electron chi connectivity index (χ0n) is 13.4. The molecule has 26 heavy (non-hydrogen) atoms. The van der Waals surface area contributed by atoms with Crippen LogP contribution in [-0.4, -0.2) is 25.6 Å². The molecule has 1 aromatic carbocycles. The summed E-state index contributed by atoms with van der Waals surface area (Å²) in [5.74, 6) is -0.597. The third kappa shape index (κ3) is 3.78. The quantitative estimate of drug-likeness (QED) is 0.553. The lowest BCUT2D eigenvalue weighted by molar-refractivity contribution is -0.383. The summed E-state index contributed by atoms with van der Waals surface area (Å²) in [6.07, 6.45) is 3.18. The molecule has 0 saturated heterocycles. The van der Waals surface area contributed by atoms with Crippen LogP contribution in [0, 0.1) is 10.1 Å². The van der Waals surface area contributed by atoms with Crippen LogP contribution < -0.4 is 10.9 Å². The van der Waals surface area contributed by atoms with E-state index in [2.05, 4.69) is 15.4 Å². The van der Waals surface area contributed by atoms with E-state index in [1.807, 2.05) is 0 Å². The van der Waals surface area contributed by atoms with Gasteiger partial charge in [-0.05, 0) is 24.3 Å². The first kappa shape index (κ1) is 17.0. The molecule has 130 valence electrons. The second-order valence-electron chi connectivity index (χ2n) is 5.27. The predicted molar refractivity (Wildman–Crippen MR) is 93.5 cm³/mol. The summed E-state index contributed by atoms with van der Waals surface area (Å²) in [5.41, 5.74) is 0.617. The van der Waals surface area contributed by atoms with Crippen LogP contribution in [-0.2, 0) is 11.3 Å². The van der Waals surface area contributed by atoms with Crippen molar-refractivity contribution in [2.75, 3.05) is 5.32 Å². The minimum absolute atomic E-state index is 0.0563. The number of carbonyl (C=O) groups is 1. The monoisotopic (exact) mass is 351 g/mol. The molecule has 0 unspecified atom stereocenters. The molecule has 0 bridgehead atoms. The fourth-order valence-electron chi connectivity index (χ4n) is 2.30. The van der Waals surface area contributed by atoms with Crippen molar-refractivity contribution in [3.05, 3.63) is 81.4 Å². The Morgan fingerprint density at radius 3 is 2.58 bits per heavy atom. The Morgan fingerprint density at radius 1 is 1.12 bits per heavy atom. The minimum Gasteiger partial charge on any atom is -0.319 e. The summed E-state index contributed by atoms with van der Waals surface area (Å²) >= 11 is 0. The van der Waals surface area contributed by atoms with E-state index in [1.54, 1.807) is 36.7 Å². The van der Waals surface area contributed by atoms with Gasteiger partial charge in [-0.2, -0.15) is 5.10 Å². The molecule has 1 N–H and O–H groups in total. The van der Waals surface area contributed by atoms with Gasteiger partial charge in [0.15, 0.2) is 0 Å². The Morgan fingerprint density at radius 2 is 1.85 bits per heavy atom. The molecule has 0 radical (unpaired) electrons. The van der Waals surface area contributed by atoms with Crippen molar-refractivity contribution < 1.29 is 9.72 Å². The molecule has 0 aliphatic heterocycles. The molecule has 9 heteroatoms. The van der Waals surface area contributed by atoms with Crippen molar-refractivity contribution in [1.82, 2.24) is 14.8 Å². The number of anilines is 1. The minimum atomic E-state index is -0.597. The molecule has 0 aliphatic rings. The molecule has 9 nitrogen and oxygen atoms in total. The highest BCUT2D eigenvalue weighted by molar-refractivity contribution is 5.92. The number of nitrogens with zero attached hydrogens (tertiary/aromatic N) is 4. The number of amides is 1. The number of rotatable bonds is 5. The second-order valence-corrected chi connectivity index (χ2v) is 5.27. The van der Waals surface area contributed by atoms with Gasteiger partial charge in [0.05, 0.1) is 10.6 Å². The number of para-hydroxylation sites is 2. The summed E-state index contributed by atoms with van der Waals surface area (Å²) < 4.78 is 1.000. The van der Waals surface area contributed by atoms with Crippen LogP contribution in [0.5, 0.6) is 0 Å². The van der Waals surface area contributed by atoms with Gasteiger partial charge in [-0.25, -0.2) is 4.68 Å². The molecule has 1 amide bonds. The topological polar surface area (TPSA) is 120 Å². The fraction of sp³-hybridized carbons (Fsp3) is 0.0588. The van der Waals surface area contributed by atoms with Crippen LogP contribution in [0.15, 0.2) is 65.7 Å². The lowest BCUT2D eigenvalue weighted by Crippen LogP contribution is -2.29. The van der Waals surface area contributed by atoms with E-state index in [9.17, 15) is 19.7 Å². The molecular formula is C17H13N5O4. The Balaban J connectivity index is 1.82. The zero-order valence-corrected chi connectivity index (χ0v) is 13.4. The average Bonchev–Trinajstić information content (AvgIpc) is 2.64. The van der Waals surface area contributed by atoms with E-state index in [0.29, 0.717) is 5.69 Å². The lowest BCUT2D eigenvalue weighted by atomic mass is 10.2. The molecule has 3 aromatic rings. The van der Waals surface area contributed by atoms with Crippen LogP contribution in [0.25, 0.3) is 11.3 Å². The first-order valence-corrected chi connectivity index (χ1v) is 7.56. The Bertz CT molecular complexity index is 1020. The van der Waals surface area contributed by atoms with Gasteiger partial charge in [0.25, 0.3) is 11.2 Å². The number of hydrogen-bond acceptors (Lipinski definition) is 6. The van der Waals surface area contributed by atoms with Crippen LogP contribution in [0.3, 0.4) is 0 Å². The van der Waals surface area contributed by atoms with Crippen molar-refractivity contribution in [2.24, 2.45) is 0 Å². The SMILES string of the molecule is O=C(Cn1nc(-c2ccncc2)ccc1=O)Nc1ccccc1[N+](=O)[O-]. The van der Waals surface area contributed by atoms with Crippen molar-refractivity contribution in [3.63, 3.8) is 0 Å². The first-order valence-electron chi connectivity index (χ1n) is 7.56. The number of benzene rings is 1. The van der Waals surface area contributed by atoms with E-state index in [4.69, 9.17) is 0 Å². The maximum absolute atomic E-state index is 12.2. The van der Waals surface area contributed by atoms with Crippen molar-refractivity contribution >= 4 is 17.3 Å². The van der Waals surface area contributed by atoms with Crippen molar-refractivity contribution in [2.45, 2.75) is 6.54 Å². The highest BCUT2D eigenvalue weighted by Gasteiger charge is 2.15. The number of nitro groups is 1. The fourth-order valence-corrected chi connectivity index (χ4v) is 2.30. The predicted octanol–water partition coefficient (Wildman–Crippen LogP) is 1.85. The van der Waals surface area contributed by atoms with Gasteiger partial charge in [-0.1, -0.05) is 12.1 Å². The Hall–Kier alpha value is -3.88. The number of pyridine rings is 1. The van der Waals surface area contributed by atoms with Gasteiger partial charge in [-0.3, -0.25) is 24.7 Å². The number of carbonyl (C=O) groups excluding carboxylic acids is 1. The lowest BCUT2D eigenvalue weighted by Gasteiger charge is -2.08. The molecular weight excluding hydrogens is 338 g/mol. The summed E-state index contributed by atoms with van der Waals surface area (Å²) in [6.45, 7) is -0.371. The maximum atomic E-state index is 12.2. The second kappa shape index (κ2) is 7.34. The Kier molecular flexibility index (Phi) is 4.79. The summed E-state index contributed by atoms with van der Waals surface area (Å²) in [5, 5.41) is 17.6. The van der Waals surface area contributed by atoms with Gasteiger partial charge in [0.2, 0.25) is 5.91 Å². The van der Waals surface area contributed by atoms with Crippen molar-refractivity contribution in [1.29, 1.82) is 0 Å². The van der Waals surface area contributed by atoms with Crippen LogP contribution >= 0.6 is 0 Å². The molecule has 0 saturated carbocycles. The van der Waals surface area contributed by atoms with Gasteiger partial charge in [0.1, 0.15) is 12.2 Å². The van der Waals surface area contributed by atoms with Gasteiger partial charge < -0.3 is 5.32 Å². The van der Waals surface area contributed by atoms with Crippen molar-refractivity contribution in [3.8, 4) is 11.3 Å². The third-order valence-electron chi connectivity index (χ3n) is 3.51. The van der Waals surface area contributed by atoms with E-state index < -0.39 is 16.4 Å². The maximum Gasteiger partial charge on any atom is 0.292 e. The standard InChI is InChI=1S/C17H13N5O4/c23-16(19-14-3-1-2-4-15(14)22(25)26)11-21-17(24)6-5-13(20-21)12-7-9-18-10-8-12/h1-10H,11H2,(H,19,23). The molecule has 0 spiro atoms. The molecule has 0 atom stereocenters. The van der Waals surface area contributed by atoms with E-state index in [0.717, 1.165) is 10.2 Å². The number of hydrogen-bond donors (Lipinski definition) is 1. The molecule has 0 aliphatic carbocycles. The summed E-state index contributed by atoms with van der Waals surface area (Å²) in [6, 6.07) is 12.1. The molecule has 3 rings (SSSR count). The van der Waals surface area contributed by atoms with Crippen LogP contribution in [0.1, 0.15) is 0 Å². The molecule has 2 heterocycles. The zero-order chi connectivity index (χ0) is 18.5. The van der Waals surface area contributed by atoms with Crippen LogP contribution in [0.2, 0.25) is 0 Å². The normalized spacial score (nSPS) is 10.3. The first-order chi connectivity index (χ1) is 12.5. The highest BCUT2D eigenvalue weighted by Crippen LogP contribution is 2.23. The van der Waals surface area contributed by atoms with E-state index >= 15 is 0 Å². The average molecular weight is 351 g/mol. The number of nitrogens with one attached hydrogen (secondary N) is 1. The summed E-state index contributed by atoms with van der Waals surface area (Å²) in [7, 11) is 0. The van der Waals surface area contributed by atoms with E-state index in [1.165, 1.54) is 24.3 Å². The largest absolute Gasteiger partial charge is 0.319 e. The molecule has 2 aromatic heterocycles. The number of aromatic nitrogens is 3. The Labute approximate surface area is 147 Å². The molecule has 0 fully saturated rings.